The van der Waals surface area contributed by atoms with Gasteiger partial charge in [-0.3, -0.25) is 9.59 Å². The van der Waals surface area contributed by atoms with E-state index in [1.165, 1.54) is 187 Å². The highest BCUT2D eigenvalue weighted by Gasteiger charge is 2.55. The van der Waals surface area contributed by atoms with Gasteiger partial charge in [0.25, 0.3) is 0 Å². The van der Waals surface area contributed by atoms with E-state index in [0.29, 0.717) is 43.2 Å². The summed E-state index contributed by atoms with van der Waals surface area (Å²) >= 11 is 9.89. The summed E-state index contributed by atoms with van der Waals surface area (Å²) in [4.78, 5) is 36.6. The fourth-order valence-corrected chi connectivity index (χ4v) is 24.4. The topological polar surface area (TPSA) is 129 Å². The predicted octanol–water partition coefficient (Wildman–Crippen LogP) is 26.4. The molecular formula is C92H82N4O2S6. The summed E-state index contributed by atoms with van der Waals surface area (Å²) in [5.41, 5.74) is 18.5. The molecule has 0 radical (unpaired) electrons. The van der Waals surface area contributed by atoms with Gasteiger partial charge in [0.2, 0.25) is 11.6 Å². The molecule has 6 heterocycles. The molecule has 104 heavy (non-hydrogen) atoms. The molecule has 0 saturated carbocycles. The maximum absolute atomic E-state index is 14.7. The van der Waals surface area contributed by atoms with Gasteiger partial charge in [-0.1, -0.05) is 202 Å². The zero-order valence-corrected chi connectivity index (χ0v) is 65.0. The molecule has 0 spiro atoms. The fraction of sp³-hybridized carbons (Fsp3) is 0.304. The molecule has 6 nitrogen and oxygen atoms in total. The van der Waals surface area contributed by atoms with Gasteiger partial charge in [0, 0.05) is 83.2 Å². The molecule has 11 aromatic rings. The van der Waals surface area contributed by atoms with Crippen LogP contribution in [0.4, 0.5) is 0 Å². The number of hydrogen-bond acceptors (Lipinski definition) is 12. The van der Waals surface area contributed by atoms with Gasteiger partial charge in [-0.25, -0.2) is 0 Å². The van der Waals surface area contributed by atoms with Gasteiger partial charge in [0.05, 0.1) is 30.0 Å². The number of carbonyl (C=O) groups is 2. The molecule has 6 aromatic heterocycles. The first-order chi connectivity index (χ1) is 50.8. The lowest BCUT2D eigenvalue weighted by Crippen LogP contribution is -2.30. The van der Waals surface area contributed by atoms with Crippen molar-refractivity contribution in [2.75, 3.05) is 0 Å². The van der Waals surface area contributed by atoms with Crippen LogP contribution >= 0.6 is 68.0 Å². The molecule has 0 bridgehead atoms. The smallest absolute Gasteiger partial charge is 0.204 e. The number of benzene rings is 5. The highest BCUT2D eigenvalue weighted by Crippen LogP contribution is 2.68. The maximum Gasteiger partial charge on any atom is 0.204 e. The van der Waals surface area contributed by atoms with Crippen molar-refractivity contribution in [1.29, 1.82) is 21.0 Å². The number of hydrogen-bond donors (Lipinski definition) is 0. The molecule has 4 aliphatic rings. The second-order valence-electron chi connectivity index (χ2n) is 28.7. The lowest BCUT2D eigenvalue weighted by atomic mass is 9.65. The predicted molar refractivity (Wildman–Crippen MR) is 438 cm³/mol. The van der Waals surface area contributed by atoms with Gasteiger partial charge in [0.15, 0.2) is 0 Å². The van der Waals surface area contributed by atoms with Crippen LogP contribution in [0.5, 0.6) is 0 Å². The average molecular weight is 1470 g/mol. The third-order valence-corrected chi connectivity index (χ3v) is 28.9. The number of rotatable bonds is 26. The van der Waals surface area contributed by atoms with Crippen molar-refractivity contribution in [3.63, 3.8) is 0 Å². The number of unbranched alkanes of at least 4 members (excludes halogenated alkanes) is 12. The van der Waals surface area contributed by atoms with E-state index in [1.54, 1.807) is 22.7 Å². The van der Waals surface area contributed by atoms with Crippen LogP contribution < -0.4 is 0 Å². The van der Waals surface area contributed by atoms with Gasteiger partial charge in [-0.2, -0.15) is 21.0 Å². The Morgan fingerprint density at radius 2 is 0.673 bits per heavy atom. The molecule has 0 aliphatic heterocycles. The summed E-state index contributed by atoms with van der Waals surface area (Å²) in [6.45, 7) is 13.0. The van der Waals surface area contributed by atoms with Crippen LogP contribution in [0, 0.1) is 59.2 Å². The minimum absolute atomic E-state index is 0.0593. The monoisotopic (exact) mass is 1470 g/mol. The number of thiophene rings is 6. The van der Waals surface area contributed by atoms with Gasteiger partial charge in [-0.05, 0) is 181 Å². The molecule has 12 heteroatoms. The van der Waals surface area contributed by atoms with Gasteiger partial charge < -0.3 is 0 Å². The molecule has 4 aliphatic carbocycles. The average Bonchev–Trinajstić information content (AvgIpc) is 1.49. The Morgan fingerprint density at radius 1 is 0.365 bits per heavy atom. The van der Waals surface area contributed by atoms with E-state index in [4.69, 9.17) is 0 Å². The molecule has 15 rings (SSSR count). The Balaban J connectivity index is 1.01. The molecular weight excluding hydrogens is 1390 g/mol. The molecule has 0 amide bonds. The highest BCUT2D eigenvalue weighted by molar-refractivity contribution is 7.31. The van der Waals surface area contributed by atoms with Crippen molar-refractivity contribution in [3.8, 4) is 45.2 Å². The van der Waals surface area contributed by atoms with Crippen LogP contribution in [-0.2, 0) is 36.5 Å². The van der Waals surface area contributed by atoms with Crippen LogP contribution in [0.1, 0.15) is 247 Å². The SMILES string of the molecule is CCCCCCc1ccc(C2(c3ccc(CCCCCC)cc3)c3cc4c(cc3-c3sc5cc(/C=C6\C(=O)c7sc(C)cc7C6=C(C#N)C#N)sc5c32)C(c2ccc(CCCCCC)cc2)(c2ccc(CCCCCC)cc2)c2c-4sc3cc(/C=C4\C(=O)c5sc(C)cc5C4=C(C#N)C#N)sc23)cc1. The quantitative estimate of drug-likeness (QED) is 0.0302. The zero-order valence-electron chi connectivity index (χ0n) is 60.1. The molecule has 0 atom stereocenters. The van der Waals surface area contributed by atoms with E-state index in [2.05, 4.69) is 173 Å². The minimum Gasteiger partial charge on any atom is -0.288 e. The lowest BCUT2D eigenvalue weighted by Gasteiger charge is -2.36. The Kier molecular flexibility index (Phi) is 20.3. The minimum atomic E-state index is -0.831. The second kappa shape index (κ2) is 29.9. The summed E-state index contributed by atoms with van der Waals surface area (Å²) in [5.74, 6) is -0.308. The summed E-state index contributed by atoms with van der Waals surface area (Å²) in [6.07, 6.45) is 26.8. The van der Waals surface area contributed by atoms with Crippen molar-refractivity contribution < 1.29 is 9.59 Å². The van der Waals surface area contributed by atoms with Crippen molar-refractivity contribution in [3.05, 3.63) is 263 Å². The first kappa shape index (κ1) is 70.7. The zero-order chi connectivity index (χ0) is 72.0. The maximum atomic E-state index is 14.7. The number of nitrogens with zero attached hydrogens (tertiary/aromatic N) is 4. The molecule has 518 valence electrons. The third-order valence-electron chi connectivity index (χ3n) is 22.0. The first-order valence-electron chi connectivity index (χ1n) is 37.4. The number of Topliss-reactive ketones (excluding diaryl/α,β-unsaturated/α-hetero) is 2. The molecule has 0 N–H and O–H groups in total. The van der Waals surface area contributed by atoms with E-state index >= 15 is 0 Å². The normalized spacial score (nSPS) is 15.0. The van der Waals surface area contributed by atoms with Crippen LogP contribution in [0.2, 0.25) is 0 Å². The van der Waals surface area contributed by atoms with Gasteiger partial charge >= 0.3 is 0 Å². The van der Waals surface area contributed by atoms with E-state index in [9.17, 15) is 30.6 Å². The Labute approximate surface area is 636 Å². The number of allylic oxidation sites excluding steroid dienone is 6. The Morgan fingerprint density at radius 3 is 0.962 bits per heavy atom. The summed E-state index contributed by atoms with van der Waals surface area (Å²) in [6, 6.07) is 60.6. The molecule has 0 unspecified atom stereocenters. The number of nitriles is 4. The molecule has 0 fully saturated rings. The number of aryl methyl sites for hydroxylation is 6. The summed E-state index contributed by atoms with van der Waals surface area (Å²) in [7, 11) is 0. The number of carbonyl (C=O) groups excluding carboxylic acids is 2. The molecule has 0 saturated heterocycles. The van der Waals surface area contributed by atoms with Gasteiger partial charge in [-0.15, -0.1) is 68.0 Å². The van der Waals surface area contributed by atoms with Gasteiger partial charge in [0.1, 0.15) is 35.4 Å². The number of ketones is 2. The standard InChI is InChI=1S/C92H82N4O2S6/c1-7-11-15-19-23-57-27-35-63(36-28-57)91(64-37-29-58(30-38-64)24-20-16-12-8-2)75-49-70-76(50-69(75)85-81(91)89-77(103-85)47-67(101-89)45-71-79(61(51-93)52-94)73-43-55(5)99-87(73)83(71)97)92(65-39-31-59(32-40-65)25-21-17-13-9-3,66-41-33-60(34-42-66)26-22-18-14-10-4)82-86(70)104-78-48-68(102-90(78)82)46-72-80(62(53-95)54-96)74-44-56(6)100-88(74)84(72)98/h27-50H,7-26H2,1-6H3/b71-45-,72-46-. The fourth-order valence-electron chi connectivity index (χ4n) is 17.0. The lowest BCUT2D eigenvalue weighted by molar-refractivity contribution is 0.103. The van der Waals surface area contributed by atoms with E-state index < -0.39 is 10.8 Å². The van der Waals surface area contributed by atoms with Crippen molar-refractivity contribution >= 4 is 122 Å². The van der Waals surface area contributed by atoms with Crippen molar-refractivity contribution in [2.24, 2.45) is 0 Å². The second-order valence-corrected chi connectivity index (χ2v) is 35.5. The van der Waals surface area contributed by atoms with E-state index in [0.717, 1.165) is 89.7 Å². The largest absolute Gasteiger partial charge is 0.288 e. The Hall–Kier alpha value is -8.92. The van der Waals surface area contributed by atoms with Crippen molar-refractivity contribution in [2.45, 2.75) is 181 Å². The van der Waals surface area contributed by atoms with E-state index in [1.807, 2.05) is 60.8 Å². The summed E-state index contributed by atoms with van der Waals surface area (Å²) < 4.78 is 4.53. The Bertz CT molecular complexity index is 5050. The first-order valence-corrected chi connectivity index (χ1v) is 42.3. The van der Waals surface area contributed by atoms with Crippen LogP contribution in [0.25, 0.3) is 63.0 Å². The van der Waals surface area contributed by atoms with E-state index in [-0.39, 0.29) is 22.7 Å². The van der Waals surface area contributed by atoms with Crippen LogP contribution in [0.15, 0.2) is 156 Å². The summed E-state index contributed by atoms with van der Waals surface area (Å²) in [5, 5.41) is 41.8. The van der Waals surface area contributed by atoms with Crippen LogP contribution in [0.3, 0.4) is 0 Å². The number of fused-ring (bicyclic) bond motifs is 12. The molecule has 5 aromatic carbocycles. The third kappa shape index (κ3) is 12.1. The van der Waals surface area contributed by atoms with Crippen LogP contribution in [-0.4, -0.2) is 11.6 Å². The highest BCUT2D eigenvalue weighted by atomic mass is 32.1. The van der Waals surface area contributed by atoms with Crippen molar-refractivity contribution in [1.82, 2.24) is 0 Å².